The summed E-state index contributed by atoms with van der Waals surface area (Å²) in [5, 5.41) is 9.94. The van der Waals surface area contributed by atoms with Crippen LogP contribution in [0.3, 0.4) is 0 Å². The van der Waals surface area contributed by atoms with E-state index < -0.39 is 0 Å². The first-order chi connectivity index (χ1) is 7.66. The van der Waals surface area contributed by atoms with E-state index in [4.69, 9.17) is 4.52 Å². The minimum atomic E-state index is -0.155. The Balaban J connectivity index is 1.96. The number of aryl methyl sites for hydroxylation is 1. The van der Waals surface area contributed by atoms with E-state index >= 15 is 0 Å². The Morgan fingerprint density at radius 1 is 1.69 bits per heavy atom. The van der Waals surface area contributed by atoms with Gasteiger partial charge in [0.05, 0.1) is 0 Å². The monoisotopic (exact) mass is 223 g/mol. The summed E-state index contributed by atoms with van der Waals surface area (Å²) in [6, 6.07) is 1.83. The van der Waals surface area contributed by atoms with Crippen molar-refractivity contribution in [3.8, 4) is 0 Å². The van der Waals surface area contributed by atoms with E-state index in [1.54, 1.807) is 13.0 Å². The fourth-order valence-electron chi connectivity index (χ4n) is 1.90. The molecule has 0 bridgehead atoms. The number of carbonyl (C=O) groups is 1. The zero-order valence-electron chi connectivity index (χ0n) is 9.62. The van der Waals surface area contributed by atoms with Crippen molar-refractivity contribution >= 4 is 5.91 Å². The predicted molar refractivity (Wildman–Crippen MR) is 59.1 cm³/mol. The standard InChI is InChI=1S/C11H17N3O2/c1-7-3-4-12-6-10(7)13-11(15)9-5-8(2)16-14-9/h5,7,10,12H,3-4,6H2,1-2H3,(H,13,15). The fraction of sp³-hybridized carbons (Fsp3) is 0.636. The molecule has 0 spiro atoms. The third kappa shape index (κ3) is 2.41. The van der Waals surface area contributed by atoms with Crippen molar-refractivity contribution < 1.29 is 9.32 Å². The highest BCUT2D eigenvalue weighted by Gasteiger charge is 2.23. The molecule has 1 saturated heterocycles. The fourth-order valence-corrected chi connectivity index (χ4v) is 1.90. The Hall–Kier alpha value is -1.36. The number of carbonyl (C=O) groups excluding carboxylic acids is 1. The molecule has 2 rings (SSSR count). The molecule has 5 heteroatoms. The Bertz CT molecular complexity index is 375. The molecule has 2 heterocycles. The Morgan fingerprint density at radius 3 is 3.12 bits per heavy atom. The number of nitrogens with one attached hydrogen (secondary N) is 2. The smallest absolute Gasteiger partial charge is 0.273 e. The second kappa shape index (κ2) is 4.65. The number of amides is 1. The SMILES string of the molecule is Cc1cc(C(=O)NC2CNCCC2C)no1. The molecule has 2 atom stereocenters. The van der Waals surface area contributed by atoms with Crippen LogP contribution in [0.2, 0.25) is 0 Å². The molecule has 2 unspecified atom stereocenters. The van der Waals surface area contributed by atoms with Crippen molar-refractivity contribution in [1.29, 1.82) is 0 Å². The van der Waals surface area contributed by atoms with Crippen LogP contribution in [0, 0.1) is 12.8 Å². The van der Waals surface area contributed by atoms with Crippen LogP contribution in [0.15, 0.2) is 10.6 Å². The summed E-state index contributed by atoms with van der Waals surface area (Å²) in [6.45, 7) is 5.77. The summed E-state index contributed by atoms with van der Waals surface area (Å²) in [6.07, 6.45) is 1.09. The van der Waals surface area contributed by atoms with Crippen molar-refractivity contribution in [3.63, 3.8) is 0 Å². The maximum atomic E-state index is 11.8. The maximum Gasteiger partial charge on any atom is 0.273 e. The highest BCUT2D eigenvalue weighted by molar-refractivity contribution is 5.92. The molecule has 1 aromatic heterocycles. The predicted octanol–water partition coefficient (Wildman–Crippen LogP) is 0.711. The number of rotatable bonds is 2. The Morgan fingerprint density at radius 2 is 2.50 bits per heavy atom. The van der Waals surface area contributed by atoms with E-state index in [1.165, 1.54) is 0 Å². The van der Waals surface area contributed by atoms with Crippen LogP contribution in [0.5, 0.6) is 0 Å². The quantitative estimate of drug-likeness (QED) is 0.775. The number of hydrogen-bond acceptors (Lipinski definition) is 4. The van der Waals surface area contributed by atoms with E-state index in [9.17, 15) is 4.79 Å². The first kappa shape index (κ1) is 11.1. The molecular formula is C11H17N3O2. The van der Waals surface area contributed by atoms with E-state index in [1.807, 2.05) is 0 Å². The Labute approximate surface area is 94.6 Å². The highest BCUT2D eigenvalue weighted by atomic mass is 16.5. The maximum absolute atomic E-state index is 11.8. The lowest BCUT2D eigenvalue weighted by Gasteiger charge is -2.29. The number of hydrogen-bond donors (Lipinski definition) is 2. The van der Waals surface area contributed by atoms with Gasteiger partial charge in [0.1, 0.15) is 5.76 Å². The van der Waals surface area contributed by atoms with E-state index in [0.717, 1.165) is 19.5 Å². The molecule has 88 valence electrons. The van der Waals surface area contributed by atoms with Crippen LogP contribution >= 0.6 is 0 Å². The van der Waals surface area contributed by atoms with Crippen LogP contribution in [0.25, 0.3) is 0 Å². The topological polar surface area (TPSA) is 67.2 Å². The number of aromatic nitrogens is 1. The van der Waals surface area contributed by atoms with Gasteiger partial charge in [-0.15, -0.1) is 0 Å². The largest absolute Gasteiger partial charge is 0.361 e. The molecular weight excluding hydrogens is 206 g/mol. The van der Waals surface area contributed by atoms with E-state index in [-0.39, 0.29) is 11.9 Å². The second-order valence-corrected chi connectivity index (χ2v) is 4.37. The molecule has 2 N–H and O–H groups in total. The third-order valence-corrected chi connectivity index (χ3v) is 3.00. The van der Waals surface area contributed by atoms with Crippen molar-refractivity contribution in [1.82, 2.24) is 15.8 Å². The van der Waals surface area contributed by atoms with Crippen LogP contribution in [0.1, 0.15) is 29.6 Å². The lowest BCUT2D eigenvalue weighted by atomic mass is 9.95. The zero-order valence-corrected chi connectivity index (χ0v) is 9.62. The van der Waals surface area contributed by atoms with E-state index in [2.05, 4.69) is 22.7 Å². The van der Waals surface area contributed by atoms with Crippen LogP contribution in [0.4, 0.5) is 0 Å². The van der Waals surface area contributed by atoms with Gasteiger partial charge in [-0.3, -0.25) is 4.79 Å². The highest BCUT2D eigenvalue weighted by Crippen LogP contribution is 2.12. The van der Waals surface area contributed by atoms with Gasteiger partial charge in [0.2, 0.25) is 0 Å². The molecule has 1 aliphatic heterocycles. The minimum absolute atomic E-state index is 0.155. The molecule has 5 nitrogen and oxygen atoms in total. The van der Waals surface area contributed by atoms with Gasteiger partial charge >= 0.3 is 0 Å². The van der Waals surface area contributed by atoms with Gasteiger partial charge in [0.25, 0.3) is 5.91 Å². The van der Waals surface area contributed by atoms with Gasteiger partial charge in [-0.05, 0) is 25.8 Å². The van der Waals surface area contributed by atoms with Gasteiger partial charge in [0, 0.05) is 18.7 Å². The molecule has 1 aliphatic rings. The van der Waals surface area contributed by atoms with Gasteiger partial charge in [-0.2, -0.15) is 0 Å². The lowest BCUT2D eigenvalue weighted by molar-refractivity contribution is 0.0906. The van der Waals surface area contributed by atoms with E-state index in [0.29, 0.717) is 17.4 Å². The summed E-state index contributed by atoms with van der Waals surface area (Å²) in [7, 11) is 0. The van der Waals surface area contributed by atoms with Gasteiger partial charge in [-0.25, -0.2) is 0 Å². The second-order valence-electron chi connectivity index (χ2n) is 4.37. The Kier molecular flexibility index (Phi) is 3.24. The molecule has 0 saturated carbocycles. The van der Waals surface area contributed by atoms with Gasteiger partial charge in [0.15, 0.2) is 5.69 Å². The van der Waals surface area contributed by atoms with Crippen molar-refractivity contribution in [2.75, 3.05) is 13.1 Å². The van der Waals surface area contributed by atoms with Crippen molar-refractivity contribution in [3.05, 3.63) is 17.5 Å². The lowest BCUT2D eigenvalue weighted by Crippen LogP contribution is -2.50. The summed E-state index contributed by atoms with van der Waals surface area (Å²) < 4.78 is 4.88. The van der Waals surface area contributed by atoms with Gasteiger partial charge in [-0.1, -0.05) is 12.1 Å². The molecule has 1 amide bonds. The molecule has 1 fully saturated rings. The summed E-state index contributed by atoms with van der Waals surface area (Å²) in [5.74, 6) is 0.996. The molecule has 1 aromatic rings. The summed E-state index contributed by atoms with van der Waals surface area (Å²) in [4.78, 5) is 11.8. The molecule has 0 aliphatic carbocycles. The first-order valence-corrected chi connectivity index (χ1v) is 5.61. The minimum Gasteiger partial charge on any atom is -0.361 e. The summed E-state index contributed by atoms with van der Waals surface area (Å²) in [5.41, 5.74) is 0.357. The zero-order chi connectivity index (χ0) is 11.5. The van der Waals surface area contributed by atoms with Gasteiger partial charge < -0.3 is 15.2 Å². The van der Waals surface area contributed by atoms with Crippen LogP contribution in [-0.2, 0) is 0 Å². The number of piperidine rings is 1. The van der Waals surface area contributed by atoms with Crippen LogP contribution in [-0.4, -0.2) is 30.2 Å². The molecule has 0 aromatic carbocycles. The first-order valence-electron chi connectivity index (χ1n) is 5.61. The normalized spacial score (nSPS) is 25.4. The average Bonchev–Trinajstić information content (AvgIpc) is 2.68. The van der Waals surface area contributed by atoms with Crippen molar-refractivity contribution in [2.45, 2.75) is 26.3 Å². The molecule has 0 radical (unpaired) electrons. The number of nitrogens with zero attached hydrogens (tertiary/aromatic N) is 1. The third-order valence-electron chi connectivity index (χ3n) is 3.00. The van der Waals surface area contributed by atoms with Crippen molar-refractivity contribution in [2.24, 2.45) is 5.92 Å². The summed E-state index contributed by atoms with van der Waals surface area (Å²) >= 11 is 0. The van der Waals surface area contributed by atoms with Crippen LogP contribution < -0.4 is 10.6 Å². The average molecular weight is 223 g/mol. The molecule has 16 heavy (non-hydrogen) atoms.